The number of carbonyl (C=O) groups is 1. The summed E-state index contributed by atoms with van der Waals surface area (Å²) in [7, 11) is 0. The number of rotatable bonds is 6. The molecule has 0 spiro atoms. The van der Waals surface area contributed by atoms with Gasteiger partial charge in [-0.3, -0.25) is 4.68 Å². The predicted molar refractivity (Wildman–Crippen MR) is 116 cm³/mol. The highest BCUT2D eigenvalue weighted by Crippen LogP contribution is 2.37. The van der Waals surface area contributed by atoms with Crippen LogP contribution in [0.3, 0.4) is 0 Å². The van der Waals surface area contributed by atoms with Gasteiger partial charge in [0.05, 0.1) is 12.2 Å². The minimum Gasteiger partial charge on any atom is -0.508 e. The van der Waals surface area contributed by atoms with Gasteiger partial charge in [0.25, 0.3) is 0 Å². The van der Waals surface area contributed by atoms with Crippen LogP contribution in [0.25, 0.3) is 11.3 Å². The van der Waals surface area contributed by atoms with Crippen LogP contribution in [-0.4, -0.2) is 35.9 Å². The number of aryl methyl sites for hydroxylation is 1. The molecule has 5 rings (SSSR count). The highest BCUT2D eigenvalue weighted by molar-refractivity contribution is 5.90. The summed E-state index contributed by atoms with van der Waals surface area (Å²) in [6.45, 7) is 0.721. The Morgan fingerprint density at radius 2 is 1.91 bits per heavy atom. The van der Waals surface area contributed by atoms with Gasteiger partial charge in [0, 0.05) is 29.1 Å². The van der Waals surface area contributed by atoms with Crippen molar-refractivity contribution in [3.8, 4) is 22.8 Å². The third-order valence-corrected chi connectivity index (χ3v) is 5.49. The Kier molecular flexibility index (Phi) is 5.03. The average molecular weight is 428 g/mol. The van der Waals surface area contributed by atoms with Gasteiger partial charge in [0.1, 0.15) is 24.4 Å². The Morgan fingerprint density at radius 1 is 1.06 bits per heavy atom. The maximum atomic E-state index is 11.8. The molecule has 160 valence electrons. The van der Waals surface area contributed by atoms with E-state index in [4.69, 9.17) is 4.74 Å². The molecule has 2 heterocycles. The lowest BCUT2D eigenvalue weighted by atomic mass is 9.88. The maximum absolute atomic E-state index is 11.8. The quantitative estimate of drug-likeness (QED) is 0.484. The van der Waals surface area contributed by atoms with Gasteiger partial charge < -0.3 is 14.9 Å². The van der Waals surface area contributed by atoms with E-state index in [1.54, 1.807) is 35.3 Å². The van der Waals surface area contributed by atoms with Crippen LogP contribution in [0.4, 0.5) is 0 Å². The summed E-state index contributed by atoms with van der Waals surface area (Å²) in [6.07, 6.45) is 6.19. The molecule has 0 unspecified atom stereocenters. The Labute approximate surface area is 183 Å². The topological polar surface area (TPSA) is 110 Å². The minimum atomic E-state index is -1.04. The Hall–Kier alpha value is -4.20. The highest BCUT2D eigenvalue weighted by Gasteiger charge is 2.28. The lowest BCUT2D eigenvalue weighted by molar-refractivity contribution is 0.0688. The molecule has 32 heavy (non-hydrogen) atoms. The van der Waals surface area contributed by atoms with Crippen molar-refractivity contribution in [2.75, 3.05) is 0 Å². The molecule has 2 N–H and O–H groups in total. The van der Waals surface area contributed by atoms with Crippen LogP contribution in [-0.2, 0) is 26.0 Å². The van der Waals surface area contributed by atoms with Crippen LogP contribution in [0.15, 0.2) is 61.2 Å². The number of ether oxygens (including phenoxy) is 1. The number of fused-ring (bicyclic) bond motifs is 3. The Bertz CT molecular complexity index is 1300. The molecule has 2 aromatic carbocycles. The number of nitrogens with zero attached hydrogens (tertiary/aromatic N) is 4. The fourth-order valence-corrected chi connectivity index (χ4v) is 4.08. The molecule has 1 aliphatic carbocycles. The van der Waals surface area contributed by atoms with Crippen molar-refractivity contribution in [3.05, 3.63) is 89.1 Å². The molecule has 4 aromatic rings. The zero-order valence-corrected chi connectivity index (χ0v) is 17.1. The molecule has 8 nitrogen and oxygen atoms in total. The second kappa shape index (κ2) is 8.14. The van der Waals surface area contributed by atoms with Crippen molar-refractivity contribution in [3.63, 3.8) is 0 Å². The number of benzene rings is 2. The number of phenols is 1. The second-order valence-corrected chi connectivity index (χ2v) is 7.66. The fraction of sp³-hybridized carbons (Fsp3) is 0.167. The lowest BCUT2D eigenvalue weighted by Gasteiger charge is -2.20. The lowest BCUT2D eigenvalue weighted by Crippen LogP contribution is -2.10. The average Bonchev–Trinajstić information content (AvgIpc) is 3.17. The Morgan fingerprint density at radius 3 is 2.69 bits per heavy atom. The molecule has 0 fully saturated rings. The normalized spacial score (nSPS) is 12.1. The number of carboxylic acid groups (broad SMARTS) is 1. The molecular formula is C24H20N4O4. The van der Waals surface area contributed by atoms with Gasteiger partial charge in [0.2, 0.25) is 0 Å². The summed E-state index contributed by atoms with van der Waals surface area (Å²) in [5.74, 6) is -0.147. The number of hydrogen-bond acceptors (Lipinski definition) is 6. The maximum Gasteiger partial charge on any atom is 0.356 e. The van der Waals surface area contributed by atoms with E-state index >= 15 is 0 Å². The molecule has 0 aliphatic heterocycles. The van der Waals surface area contributed by atoms with Crippen LogP contribution in [0.2, 0.25) is 0 Å². The zero-order chi connectivity index (χ0) is 22.1. The van der Waals surface area contributed by atoms with E-state index < -0.39 is 5.97 Å². The van der Waals surface area contributed by atoms with Gasteiger partial charge >= 0.3 is 5.97 Å². The number of aromatic nitrogens is 4. The molecule has 8 heteroatoms. The van der Waals surface area contributed by atoms with Crippen LogP contribution in [0, 0.1) is 0 Å². The molecule has 0 atom stereocenters. The van der Waals surface area contributed by atoms with Gasteiger partial charge in [-0.05, 0) is 54.3 Å². The largest absolute Gasteiger partial charge is 0.508 e. The van der Waals surface area contributed by atoms with Gasteiger partial charge in [-0.25, -0.2) is 14.8 Å². The number of hydrogen-bond donors (Lipinski definition) is 2. The molecule has 0 bridgehead atoms. The van der Waals surface area contributed by atoms with Gasteiger partial charge in [-0.1, -0.05) is 12.1 Å². The first kappa shape index (κ1) is 19.7. The SMILES string of the molecule is O=C(O)c1nn(Cc2cccc(O)c2)c2c1CCc1cc(OCc3cncnc3)ccc1-2. The fourth-order valence-electron chi connectivity index (χ4n) is 4.08. The number of aromatic hydroxyl groups is 1. The van der Waals surface area contributed by atoms with Crippen LogP contribution >= 0.6 is 0 Å². The molecule has 0 amide bonds. The van der Waals surface area contributed by atoms with Crippen LogP contribution in [0.5, 0.6) is 11.5 Å². The summed E-state index contributed by atoms with van der Waals surface area (Å²) < 4.78 is 7.62. The molecule has 0 saturated heterocycles. The first-order valence-corrected chi connectivity index (χ1v) is 10.2. The summed E-state index contributed by atoms with van der Waals surface area (Å²) >= 11 is 0. The number of aromatic carboxylic acids is 1. The van der Waals surface area contributed by atoms with Crippen molar-refractivity contribution in [2.45, 2.75) is 26.0 Å². The number of phenolic OH excluding ortho intramolecular Hbond substituents is 1. The van der Waals surface area contributed by atoms with Crippen LogP contribution in [0.1, 0.15) is 32.7 Å². The van der Waals surface area contributed by atoms with E-state index in [0.29, 0.717) is 26.0 Å². The smallest absolute Gasteiger partial charge is 0.356 e. The first-order valence-electron chi connectivity index (χ1n) is 10.2. The Balaban J connectivity index is 1.49. The standard InChI is InChI=1S/C24H20N4O4/c29-18-3-1-2-15(8-18)12-28-23-20-7-5-19(32-13-16-10-25-14-26-11-16)9-17(20)4-6-21(23)22(27-28)24(30)31/h1-3,5,7-11,14,29H,4,6,12-13H2,(H,30,31). The van der Waals surface area contributed by atoms with Crippen LogP contribution < -0.4 is 4.74 Å². The first-order chi connectivity index (χ1) is 15.6. The summed E-state index contributed by atoms with van der Waals surface area (Å²) in [5, 5.41) is 23.9. The molecule has 0 radical (unpaired) electrons. The predicted octanol–water partition coefficient (Wildman–Crippen LogP) is 3.47. The van der Waals surface area contributed by atoms with E-state index in [0.717, 1.165) is 39.3 Å². The van der Waals surface area contributed by atoms with Crippen molar-refractivity contribution < 1.29 is 19.7 Å². The van der Waals surface area contributed by atoms with E-state index in [1.807, 2.05) is 24.3 Å². The van der Waals surface area contributed by atoms with E-state index in [9.17, 15) is 15.0 Å². The van der Waals surface area contributed by atoms with Gasteiger partial charge in [-0.2, -0.15) is 5.10 Å². The van der Waals surface area contributed by atoms with E-state index in [1.165, 1.54) is 6.33 Å². The molecular weight excluding hydrogens is 408 g/mol. The van der Waals surface area contributed by atoms with Gasteiger partial charge in [0.15, 0.2) is 5.69 Å². The monoisotopic (exact) mass is 428 g/mol. The van der Waals surface area contributed by atoms with E-state index in [2.05, 4.69) is 15.1 Å². The minimum absolute atomic E-state index is 0.0789. The molecule has 1 aliphatic rings. The summed E-state index contributed by atoms with van der Waals surface area (Å²) in [4.78, 5) is 19.8. The zero-order valence-electron chi connectivity index (χ0n) is 17.1. The second-order valence-electron chi connectivity index (χ2n) is 7.66. The third kappa shape index (κ3) is 3.78. The molecule has 0 saturated carbocycles. The summed E-state index contributed by atoms with van der Waals surface area (Å²) in [6, 6.07) is 12.7. The number of carboxylic acids is 1. The van der Waals surface area contributed by atoms with E-state index in [-0.39, 0.29) is 11.4 Å². The van der Waals surface area contributed by atoms with Gasteiger partial charge in [-0.15, -0.1) is 0 Å². The third-order valence-electron chi connectivity index (χ3n) is 5.49. The van der Waals surface area contributed by atoms with Crippen molar-refractivity contribution in [1.29, 1.82) is 0 Å². The molecule has 2 aromatic heterocycles. The van der Waals surface area contributed by atoms with Crippen molar-refractivity contribution >= 4 is 5.97 Å². The highest BCUT2D eigenvalue weighted by atomic mass is 16.5. The summed E-state index contributed by atoms with van der Waals surface area (Å²) in [5.41, 5.74) is 5.35. The van der Waals surface area contributed by atoms with Crippen molar-refractivity contribution in [2.24, 2.45) is 0 Å². The van der Waals surface area contributed by atoms with Crippen molar-refractivity contribution in [1.82, 2.24) is 19.7 Å².